The first-order chi connectivity index (χ1) is 5.70. The zero-order valence-electron chi connectivity index (χ0n) is 7.66. The summed E-state index contributed by atoms with van der Waals surface area (Å²) < 4.78 is 0. The van der Waals surface area contributed by atoms with Crippen molar-refractivity contribution in [2.75, 3.05) is 13.6 Å². The minimum Gasteiger partial charge on any atom is -0.349 e. The van der Waals surface area contributed by atoms with Gasteiger partial charge in [-0.15, -0.1) is 5.10 Å². The van der Waals surface area contributed by atoms with E-state index in [1.54, 1.807) is 12.1 Å². The van der Waals surface area contributed by atoms with Crippen LogP contribution in [0, 0.1) is 0 Å². The third-order valence-corrected chi connectivity index (χ3v) is 1.45. The van der Waals surface area contributed by atoms with Crippen molar-refractivity contribution in [3.8, 4) is 0 Å². The Bertz CT molecular complexity index is 139. The van der Waals surface area contributed by atoms with Gasteiger partial charge in [-0.05, 0) is 6.42 Å². The van der Waals surface area contributed by atoms with E-state index in [1.165, 1.54) is 12.8 Å². The van der Waals surface area contributed by atoms with E-state index in [9.17, 15) is 0 Å². The van der Waals surface area contributed by atoms with Gasteiger partial charge in [0.2, 0.25) is 0 Å². The summed E-state index contributed by atoms with van der Waals surface area (Å²) >= 11 is 0. The highest BCUT2D eigenvalue weighted by atomic mass is 17.1. The highest BCUT2D eigenvalue weighted by molar-refractivity contribution is 5.70. The predicted molar refractivity (Wildman–Crippen MR) is 47.5 cm³/mol. The van der Waals surface area contributed by atoms with Crippen LogP contribution in [-0.4, -0.2) is 29.9 Å². The van der Waals surface area contributed by atoms with Crippen molar-refractivity contribution in [1.29, 1.82) is 0 Å². The van der Waals surface area contributed by atoms with Gasteiger partial charge in [0.15, 0.2) is 0 Å². The molecule has 0 atom stereocenters. The molecule has 5 heteroatoms. The molecule has 5 nitrogen and oxygen atoms in total. The molecule has 0 rings (SSSR count). The molecule has 0 aliphatic carbocycles. The van der Waals surface area contributed by atoms with Crippen LogP contribution in [0.15, 0.2) is 5.10 Å². The molecule has 0 heterocycles. The fourth-order valence-electron chi connectivity index (χ4n) is 0.827. The maximum Gasteiger partial charge on any atom is 0.340 e. The highest BCUT2D eigenvalue weighted by Crippen LogP contribution is 1.96. The maximum atomic E-state index is 8.07. The van der Waals surface area contributed by atoms with Crippen LogP contribution in [0.1, 0.15) is 26.2 Å². The minimum absolute atomic E-state index is 0.228. The van der Waals surface area contributed by atoms with Gasteiger partial charge in [-0.3, -0.25) is 9.90 Å². The van der Waals surface area contributed by atoms with Crippen molar-refractivity contribution in [2.24, 2.45) is 10.8 Å². The van der Waals surface area contributed by atoms with Crippen molar-refractivity contribution in [3.05, 3.63) is 0 Å². The van der Waals surface area contributed by atoms with Crippen molar-refractivity contribution in [2.45, 2.75) is 26.2 Å². The summed E-state index contributed by atoms with van der Waals surface area (Å²) in [5.74, 6) is 0. The molecule has 0 aromatic heterocycles. The maximum absolute atomic E-state index is 8.07. The monoisotopic (exact) mass is 175 g/mol. The van der Waals surface area contributed by atoms with Gasteiger partial charge in [0.1, 0.15) is 0 Å². The van der Waals surface area contributed by atoms with Crippen molar-refractivity contribution in [1.82, 2.24) is 5.01 Å². The number of hydrogen-bond acceptors (Lipinski definition) is 4. The van der Waals surface area contributed by atoms with Crippen LogP contribution in [0.2, 0.25) is 0 Å². The molecule has 0 aliphatic heterocycles. The number of nitrogens with zero attached hydrogens (tertiary/aromatic N) is 2. The lowest BCUT2D eigenvalue weighted by atomic mass is 10.2. The zero-order chi connectivity index (χ0) is 9.40. The molecule has 0 aliphatic rings. The Morgan fingerprint density at radius 3 is 2.75 bits per heavy atom. The predicted octanol–water partition coefficient (Wildman–Crippen LogP) is 0.828. The molecule has 0 fully saturated rings. The summed E-state index contributed by atoms with van der Waals surface area (Å²) in [4.78, 5) is 3.71. The van der Waals surface area contributed by atoms with E-state index in [-0.39, 0.29) is 6.02 Å². The van der Waals surface area contributed by atoms with E-state index in [4.69, 9.17) is 11.0 Å². The lowest BCUT2D eigenvalue weighted by Gasteiger charge is -2.11. The van der Waals surface area contributed by atoms with E-state index >= 15 is 0 Å². The van der Waals surface area contributed by atoms with Gasteiger partial charge < -0.3 is 5.73 Å². The molecule has 0 bridgehead atoms. The second-order valence-electron chi connectivity index (χ2n) is 2.62. The Balaban J connectivity index is 3.51. The number of rotatable bonds is 5. The molecular weight excluding hydrogens is 158 g/mol. The van der Waals surface area contributed by atoms with Gasteiger partial charge >= 0.3 is 6.02 Å². The second kappa shape index (κ2) is 6.72. The number of hydrogen-bond donors (Lipinski definition) is 2. The van der Waals surface area contributed by atoms with E-state index in [2.05, 4.69) is 16.9 Å². The topological polar surface area (TPSA) is 71.1 Å². The third-order valence-electron chi connectivity index (χ3n) is 1.45. The molecule has 0 aromatic carbocycles. The first-order valence-electron chi connectivity index (χ1n) is 4.07. The van der Waals surface area contributed by atoms with Crippen LogP contribution in [0.4, 0.5) is 0 Å². The summed E-state index contributed by atoms with van der Waals surface area (Å²) in [6.07, 6.45) is 3.40. The summed E-state index contributed by atoms with van der Waals surface area (Å²) in [5.41, 5.74) is 5.11. The van der Waals surface area contributed by atoms with E-state index in [1.807, 2.05) is 0 Å². The first kappa shape index (κ1) is 11.0. The molecule has 0 spiro atoms. The van der Waals surface area contributed by atoms with Crippen LogP contribution in [0.5, 0.6) is 0 Å². The molecule has 0 radical (unpaired) electrons. The third kappa shape index (κ3) is 5.79. The minimum atomic E-state index is -0.228. The average Bonchev–Trinajstić information content (AvgIpc) is 2.05. The molecule has 0 unspecified atom stereocenters. The molecular formula is C7H17N3O2. The molecule has 3 N–H and O–H groups in total. The first-order valence-corrected chi connectivity index (χ1v) is 4.07. The lowest BCUT2D eigenvalue weighted by molar-refractivity contribution is -0.157. The van der Waals surface area contributed by atoms with Crippen molar-refractivity contribution in [3.63, 3.8) is 0 Å². The van der Waals surface area contributed by atoms with Gasteiger partial charge in [0.05, 0.1) is 0 Å². The fraction of sp³-hybridized carbons (Fsp3) is 0.857. The summed E-state index contributed by atoms with van der Waals surface area (Å²) in [6.45, 7) is 2.95. The van der Waals surface area contributed by atoms with Gasteiger partial charge in [-0.1, -0.05) is 19.8 Å². The Morgan fingerprint density at radius 1 is 1.58 bits per heavy atom. The number of nitrogens with two attached hydrogens (primary N) is 1. The average molecular weight is 175 g/mol. The SMILES string of the molecule is CCCCCN(C)N=C(N)OO. The molecule has 0 amide bonds. The standard InChI is InChI=1S/C7H17N3O2/c1-3-4-5-6-10(2)9-7(8)12-11/h11H,3-6H2,1-2H3,(H2,8,9). The molecule has 0 saturated heterocycles. The van der Waals surface area contributed by atoms with Crippen LogP contribution in [0.25, 0.3) is 0 Å². The Labute approximate surface area is 72.7 Å². The summed E-state index contributed by atoms with van der Waals surface area (Å²) in [5, 5.41) is 13.4. The summed E-state index contributed by atoms with van der Waals surface area (Å²) in [6, 6.07) is -0.228. The van der Waals surface area contributed by atoms with Crippen molar-refractivity contribution < 1.29 is 10.1 Å². The van der Waals surface area contributed by atoms with Crippen LogP contribution >= 0.6 is 0 Å². The smallest absolute Gasteiger partial charge is 0.340 e. The Hall–Kier alpha value is -0.970. The van der Waals surface area contributed by atoms with Crippen LogP contribution < -0.4 is 5.73 Å². The fourth-order valence-corrected chi connectivity index (χ4v) is 0.827. The molecule has 0 saturated carbocycles. The molecule has 0 aromatic rings. The molecule has 12 heavy (non-hydrogen) atoms. The lowest BCUT2D eigenvalue weighted by Crippen LogP contribution is -2.22. The van der Waals surface area contributed by atoms with E-state index in [0.29, 0.717) is 0 Å². The Morgan fingerprint density at radius 2 is 2.25 bits per heavy atom. The normalized spacial score (nSPS) is 11.4. The second-order valence-corrected chi connectivity index (χ2v) is 2.62. The van der Waals surface area contributed by atoms with Gasteiger partial charge in [-0.25, -0.2) is 0 Å². The largest absolute Gasteiger partial charge is 0.349 e. The summed E-state index contributed by atoms with van der Waals surface area (Å²) in [7, 11) is 1.78. The quantitative estimate of drug-likeness (QED) is 0.213. The number of amidine groups is 1. The number of unbranched alkanes of at least 4 members (excludes halogenated alkanes) is 2. The van der Waals surface area contributed by atoms with Gasteiger partial charge in [-0.2, -0.15) is 5.26 Å². The van der Waals surface area contributed by atoms with Crippen molar-refractivity contribution >= 4 is 6.02 Å². The van der Waals surface area contributed by atoms with Gasteiger partial charge in [0, 0.05) is 13.6 Å². The number of hydrazone groups is 1. The van der Waals surface area contributed by atoms with Crippen LogP contribution in [0.3, 0.4) is 0 Å². The van der Waals surface area contributed by atoms with Gasteiger partial charge in [0.25, 0.3) is 0 Å². The van der Waals surface area contributed by atoms with Crippen LogP contribution in [-0.2, 0) is 4.89 Å². The van der Waals surface area contributed by atoms with E-state index < -0.39 is 0 Å². The highest BCUT2D eigenvalue weighted by Gasteiger charge is 1.95. The zero-order valence-corrected chi connectivity index (χ0v) is 7.66. The van der Waals surface area contributed by atoms with E-state index in [0.717, 1.165) is 13.0 Å². The Kier molecular flexibility index (Phi) is 6.18. The molecule has 72 valence electrons.